The lowest BCUT2D eigenvalue weighted by molar-refractivity contribution is -0.192. The van der Waals surface area contributed by atoms with Crippen LogP contribution in [0.15, 0.2) is 48.8 Å². The van der Waals surface area contributed by atoms with E-state index in [-0.39, 0.29) is 12.0 Å². The third-order valence-corrected chi connectivity index (χ3v) is 4.80. The molecule has 2 aromatic heterocycles. The first kappa shape index (κ1) is 24.0. The average Bonchev–Trinajstić information content (AvgIpc) is 3.38. The first-order valence-electron chi connectivity index (χ1n) is 9.93. The standard InChI is InChI=1S/C19H21N5O2.C2HF3O2/c1-23-16(7-9-21-23)19(25)20-11-17-18-15(8-10-26-17)13-24(22-18)12-14-5-3-2-4-6-14;3-2(4,5)1(6)7/h2-7,9,13,17H,8,10-12H2,1H3,(H,20,25);(H,6,7). The molecular formula is C21H22F3N5O4. The molecule has 1 aliphatic heterocycles. The Bertz CT molecular complexity index is 1100. The number of amides is 1. The lowest BCUT2D eigenvalue weighted by atomic mass is 10.1. The first-order valence-corrected chi connectivity index (χ1v) is 9.93. The molecule has 0 spiro atoms. The molecule has 3 heterocycles. The van der Waals surface area contributed by atoms with Gasteiger partial charge in [0.25, 0.3) is 5.91 Å². The summed E-state index contributed by atoms with van der Waals surface area (Å²) in [6.07, 6.45) is -0.778. The van der Waals surface area contributed by atoms with Crippen molar-refractivity contribution in [2.45, 2.75) is 25.2 Å². The summed E-state index contributed by atoms with van der Waals surface area (Å²) in [5.74, 6) is -2.92. The Kier molecular flexibility index (Phi) is 7.48. The number of carbonyl (C=O) groups is 2. The minimum absolute atomic E-state index is 0.163. The van der Waals surface area contributed by atoms with Crippen LogP contribution in [0.3, 0.4) is 0 Å². The maximum Gasteiger partial charge on any atom is 0.490 e. The van der Waals surface area contributed by atoms with Crippen LogP contribution in [0, 0.1) is 0 Å². The third kappa shape index (κ3) is 6.42. The van der Waals surface area contributed by atoms with Crippen LogP contribution < -0.4 is 5.32 Å². The van der Waals surface area contributed by atoms with Crippen LogP contribution in [0.25, 0.3) is 0 Å². The van der Waals surface area contributed by atoms with Crippen LogP contribution in [0.4, 0.5) is 13.2 Å². The van der Waals surface area contributed by atoms with Gasteiger partial charge in [0, 0.05) is 26.0 Å². The average molecular weight is 465 g/mol. The number of ether oxygens (including phenoxy) is 1. The topological polar surface area (TPSA) is 111 Å². The molecule has 1 aliphatic rings. The van der Waals surface area contributed by atoms with Gasteiger partial charge in [-0.2, -0.15) is 23.4 Å². The number of halogens is 3. The number of carbonyl (C=O) groups excluding carboxylic acids is 1. The van der Waals surface area contributed by atoms with Crippen LogP contribution in [0.2, 0.25) is 0 Å². The second kappa shape index (κ2) is 10.3. The number of fused-ring (bicyclic) bond motifs is 1. The summed E-state index contributed by atoms with van der Waals surface area (Å²) in [5.41, 5.74) is 3.83. The highest BCUT2D eigenvalue weighted by Gasteiger charge is 2.38. The molecule has 1 unspecified atom stereocenters. The molecule has 2 N–H and O–H groups in total. The van der Waals surface area contributed by atoms with Gasteiger partial charge in [-0.1, -0.05) is 30.3 Å². The third-order valence-electron chi connectivity index (χ3n) is 4.80. The van der Waals surface area contributed by atoms with Gasteiger partial charge in [-0.05, 0) is 23.6 Å². The van der Waals surface area contributed by atoms with Gasteiger partial charge >= 0.3 is 12.1 Å². The fourth-order valence-corrected chi connectivity index (χ4v) is 3.21. The van der Waals surface area contributed by atoms with E-state index in [0.717, 1.165) is 18.7 Å². The van der Waals surface area contributed by atoms with Crippen molar-refractivity contribution < 1.29 is 32.6 Å². The van der Waals surface area contributed by atoms with Crippen molar-refractivity contribution in [1.29, 1.82) is 0 Å². The summed E-state index contributed by atoms with van der Waals surface area (Å²) in [6.45, 7) is 1.75. The summed E-state index contributed by atoms with van der Waals surface area (Å²) < 4.78 is 41.1. The maximum absolute atomic E-state index is 12.3. The predicted octanol–water partition coefficient (Wildman–Crippen LogP) is 2.34. The number of alkyl halides is 3. The van der Waals surface area contributed by atoms with E-state index in [9.17, 15) is 18.0 Å². The summed E-state index contributed by atoms with van der Waals surface area (Å²) in [4.78, 5) is 21.2. The molecule has 0 saturated carbocycles. The van der Waals surface area contributed by atoms with E-state index < -0.39 is 12.1 Å². The van der Waals surface area contributed by atoms with E-state index >= 15 is 0 Å². The molecule has 33 heavy (non-hydrogen) atoms. The van der Waals surface area contributed by atoms with Crippen molar-refractivity contribution in [1.82, 2.24) is 24.9 Å². The molecule has 4 rings (SSSR count). The van der Waals surface area contributed by atoms with Crippen molar-refractivity contribution in [3.05, 3.63) is 71.3 Å². The van der Waals surface area contributed by atoms with Crippen molar-refractivity contribution >= 4 is 11.9 Å². The molecule has 1 atom stereocenters. The Morgan fingerprint density at radius 2 is 1.94 bits per heavy atom. The van der Waals surface area contributed by atoms with Crippen LogP contribution in [0.1, 0.15) is 33.4 Å². The number of nitrogens with one attached hydrogen (secondary N) is 1. The predicted molar refractivity (Wildman–Crippen MR) is 109 cm³/mol. The van der Waals surface area contributed by atoms with Gasteiger partial charge in [0.15, 0.2) is 0 Å². The quantitative estimate of drug-likeness (QED) is 0.599. The maximum atomic E-state index is 12.3. The Hall–Kier alpha value is -3.67. The summed E-state index contributed by atoms with van der Waals surface area (Å²) >= 11 is 0. The number of aryl methyl sites for hydroxylation is 1. The number of carboxylic acids is 1. The number of hydrogen-bond acceptors (Lipinski definition) is 5. The van der Waals surface area contributed by atoms with Crippen molar-refractivity contribution in [3.63, 3.8) is 0 Å². The zero-order valence-electron chi connectivity index (χ0n) is 17.6. The van der Waals surface area contributed by atoms with Crippen LogP contribution in [0.5, 0.6) is 0 Å². The van der Waals surface area contributed by atoms with Gasteiger partial charge in [-0.25, -0.2) is 4.79 Å². The Balaban J connectivity index is 0.000000383. The van der Waals surface area contributed by atoms with E-state index in [1.54, 1.807) is 24.0 Å². The molecule has 176 valence electrons. The molecule has 0 fully saturated rings. The zero-order chi connectivity index (χ0) is 24.0. The second-order valence-corrected chi connectivity index (χ2v) is 7.19. The number of rotatable bonds is 5. The lowest BCUT2D eigenvalue weighted by Gasteiger charge is -2.22. The minimum atomic E-state index is -5.08. The van der Waals surface area contributed by atoms with Gasteiger partial charge in [0.2, 0.25) is 0 Å². The molecule has 0 aliphatic carbocycles. The molecular weight excluding hydrogens is 443 g/mol. The minimum Gasteiger partial charge on any atom is -0.475 e. The van der Waals surface area contributed by atoms with Gasteiger partial charge in [-0.3, -0.25) is 14.2 Å². The smallest absolute Gasteiger partial charge is 0.475 e. The van der Waals surface area contributed by atoms with E-state index in [1.807, 2.05) is 22.9 Å². The summed E-state index contributed by atoms with van der Waals surface area (Å²) in [6, 6.07) is 11.9. The Morgan fingerprint density at radius 3 is 2.55 bits per heavy atom. The van der Waals surface area contributed by atoms with Gasteiger partial charge in [0.05, 0.1) is 18.8 Å². The van der Waals surface area contributed by atoms with Gasteiger partial charge < -0.3 is 15.2 Å². The second-order valence-electron chi connectivity index (χ2n) is 7.19. The molecule has 9 nitrogen and oxygen atoms in total. The summed E-state index contributed by atoms with van der Waals surface area (Å²) in [5, 5.41) is 18.8. The Labute approximate surface area is 186 Å². The largest absolute Gasteiger partial charge is 0.490 e. The molecule has 12 heteroatoms. The van der Waals surface area contributed by atoms with Gasteiger partial charge in [-0.15, -0.1) is 0 Å². The van der Waals surface area contributed by atoms with E-state index in [1.165, 1.54) is 11.1 Å². The van der Waals surface area contributed by atoms with E-state index in [2.05, 4.69) is 28.7 Å². The van der Waals surface area contributed by atoms with Crippen molar-refractivity contribution in [2.75, 3.05) is 13.2 Å². The number of benzene rings is 1. The lowest BCUT2D eigenvalue weighted by Crippen LogP contribution is -2.32. The SMILES string of the molecule is Cn1nccc1C(=O)NCC1OCCc2cn(Cc3ccccc3)nc21.O=C(O)C(F)(F)F. The van der Waals surface area contributed by atoms with Crippen molar-refractivity contribution in [3.8, 4) is 0 Å². The summed E-state index contributed by atoms with van der Waals surface area (Å²) in [7, 11) is 1.75. The number of carboxylic acid groups (broad SMARTS) is 1. The molecule has 1 aromatic carbocycles. The number of aromatic nitrogens is 4. The number of hydrogen-bond donors (Lipinski definition) is 2. The van der Waals surface area contributed by atoms with Gasteiger partial charge in [0.1, 0.15) is 11.8 Å². The Morgan fingerprint density at radius 1 is 1.24 bits per heavy atom. The molecule has 1 amide bonds. The highest BCUT2D eigenvalue weighted by atomic mass is 19.4. The van der Waals surface area contributed by atoms with Crippen LogP contribution >= 0.6 is 0 Å². The fraction of sp³-hybridized carbons (Fsp3) is 0.333. The highest BCUT2D eigenvalue weighted by Crippen LogP contribution is 2.25. The molecule has 0 radical (unpaired) electrons. The monoisotopic (exact) mass is 465 g/mol. The number of nitrogens with zero attached hydrogens (tertiary/aromatic N) is 4. The van der Waals surface area contributed by atoms with Crippen LogP contribution in [-0.4, -0.2) is 55.9 Å². The van der Waals surface area contributed by atoms with E-state index in [0.29, 0.717) is 18.8 Å². The molecule has 0 saturated heterocycles. The zero-order valence-corrected chi connectivity index (χ0v) is 17.6. The molecule has 0 bridgehead atoms. The van der Waals surface area contributed by atoms with E-state index in [4.69, 9.17) is 19.7 Å². The fourth-order valence-electron chi connectivity index (χ4n) is 3.21. The van der Waals surface area contributed by atoms with Crippen LogP contribution in [-0.2, 0) is 29.5 Å². The highest BCUT2D eigenvalue weighted by molar-refractivity contribution is 5.92. The first-order chi connectivity index (χ1) is 15.6. The van der Waals surface area contributed by atoms with Crippen molar-refractivity contribution in [2.24, 2.45) is 7.05 Å². The number of aliphatic carboxylic acids is 1. The molecule has 3 aromatic rings. The normalized spacial score (nSPS) is 15.2.